The molecule has 0 aliphatic heterocycles. The summed E-state index contributed by atoms with van der Waals surface area (Å²) in [6, 6.07) is 1.77. The monoisotopic (exact) mass is 206 g/mol. The maximum Gasteiger partial charge on any atom is 0.160 e. The highest BCUT2D eigenvalue weighted by Gasteiger charge is 1.99. The lowest BCUT2D eigenvalue weighted by Gasteiger charge is -2.03. The maximum absolute atomic E-state index is 5.20. The molecule has 4 N–H and O–H groups in total. The van der Waals surface area contributed by atoms with Crippen LogP contribution >= 0.6 is 0 Å². The number of hydrogen-bond donors (Lipinski definition) is 3. The van der Waals surface area contributed by atoms with Crippen molar-refractivity contribution in [2.24, 2.45) is 5.84 Å². The number of hydrazine groups is 1. The van der Waals surface area contributed by atoms with Gasteiger partial charge in [0.1, 0.15) is 5.82 Å². The lowest BCUT2D eigenvalue weighted by atomic mass is 10.4. The molecule has 0 saturated heterocycles. The first kappa shape index (κ1) is 9.41. The third-order valence-electron chi connectivity index (χ3n) is 1.72. The van der Waals surface area contributed by atoms with Gasteiger partial charge in [-0.3, -0.25) is 4.98 Å². The molecule has 0 aliphatic carbocycles. The molecule has 15 heavy (non-hydrogen) atoms. The molecule has 7 nitrogen and oxygen atoms in total. The highest BCUT2D eigenvalue weighted by molar-refractivity contribution is 5.40. The van der Waals surface area contributed by atoms with Crippen LogP contribution in [0, 0.1) is 0 Å². The van der Waals surface area contributed by atoms with E-state index in [-0.39, 0.29) is 0 Å². The normalized spacial score (nSPS) is 9.93. The van der Waals surface area contributed by atoms with Crippen molar-refractivity contribution in [2.75, 3.05) is 10.7 Å². The van der Waals surface area contributed by atoms with E-state index >= 15 is 0 Å². The van der Waals surface area contributed by atoms with E-state index in [1.807, 2.05) is 0 Å². The maximum atomic E-state index is 5.20. The van der Waals surface area contributed by atoms with Crippen LogP contribution in [0.3, 0.4) is 0 Å². The molecule has 0 aromatic carbocycles. The first-order valence-electron chi connectivity index (χ1n) is 4.30. The number of anilines is 2. The Morgan fingerprint density at radius 1 is 1.33 bits per heavy atom. The minimum Gasteiger partial charge on any atom is -0.361 e. The first-order valence-corrected chi connectivity index (χ1v) is 4.30. The Labute approximate surface area is 85.7 Å². The van der Waals surface area contributed by atoms with Crippen molar-refractivity contribution in [3.05, 3.63) is 30.4 Å². The van der Waals surface area contributed by atoms with E-state index in [1.54, 1.807) is 18.5 Å². The summed E-state index contributed by atoms with van der Waals surface area (Å²) in [6.45, 7) is 0.503. The fraction of sp³-hybridized carbons (Fsp3) is 0.125. The zero-order valence-corrected chi connectivity index (χ0v) is 7.84. The number of nitrogens with one attached hydrogen (secondary N) is 2. The number of nitrogens with two attached hydrogens (primary N) is 1. The van der Waals surface area contributed by atoms with E-state index in [2.05, 4.69) is 25.9 Å². The van der Waals surface area contributed by atoms with Gasteiger partial charge >= 0.3 is 0 Å². The summed E-state index contributed by atoms with van der Waals surface area (Å²) < 4.78 is 4.91. The zero-order chi connectivity index (χ0) is 10.5. The second-order valence-corrected chi connectivity index (χ2v) is 2.77. The van der Waals surface area contributed by atoms with Gasteiger partial charge < -0.3 is 15.3 Å². The summed E-state index contributed by atoms with van der Waals surface area (Å²) in [4.78, 5) is 8.06. The number of rotatable bonds is 4. The third-order valence-corrected chi connectivity index (χ3v) is 1.72. The van der Waals surface area contributed by atoms with Gasteiger partial charge in [0, 0.05) is 6.07 Å². The molecular formula is C8H10N6O. The Bertz CT molecular complexity index is 415. The average molecular weight is 206 g/mol. The van der Waals surface area contributed by atoms with Gasteiger partial charge in [0.05, 0.1) is 25.1 Å². The highest BCUT2D eigenvalue weighted by Crippen LogP contribution is 2.07. The Hall–Kier alpha value is -2.15. The molecule has 0 amide bonds. The lowest BCUT2D eigenvalue weighted by Crippen LogP contribution is -2.10. The summed E-state index contributed by atoms with van der Waals surface area (Å²) >= 11 is 0. The van der Waals surface area contributed by atoms with Gasteiger partial charge in [-0.25, -0.2) is 10.8 Å². The summed E-state index contributed by atoms with van der Waals surface area (Å²) in [7, 11) is 0. The van der Waals surface area contributed by atoms with Crippen LogP contribution in [-0.2, 0) is 6.54 Å². The number of nitrogens with zero attached hydrogens (tertiary/aromatic N) is 3. The van der Waals surface area contributed by atoms with Crippen molar-refractivity contribution in [1.82, 2.24) is 15.1 Å². The Morgan fingerprint density at radius 2 is 2.20 bits per heavy atom. The number of nitrogen functional groups attached to an aromatic ring is 1. The van der Waals surface area contributed by atoms with Gasteiger partial charge in [-0.1, -0.05) is 5.16 Å². The van der Waals surface area contributed by atoms with Crippen LogP contribution in [0.4, 0.5) is 11.6 Å². The molecule has 7 heteroatoms. The summed E-state index contributed by atoms with van der Waals surface area (Å²) in [6.07, 6.45) is 4.71. The molecule has 0 saturated carbocycles. The minimum atomic E-state index is 0.498. The van der Waals surface area contributed by atoms with Crippen molar-refractivity contribution in [2.45, 2.75) is 6.54 Å². The van der Waals surface area contributed by atoms with Crippen LogP contribution in [0.15, 0.2) is 29.2 Å². The van der Waals surface area contributed by atoms with E-state index < -0.39 is 0 Å². The fourth-order valence-electron chi connectivity index (χ4n) is 1.03. The predicted molar refractivity (Wildman–Crippen MR) is 53.7 cm³/mol. The second kappa shape index (κ2) is 4.38. The van der Waals surface area contributed by atoms with Crippen LogP contribution < -0.4 is 16.6 Å². The Kier molecular flexibility index (Phi) is 2.75. The quantitative estimate of drug-likeness (QED) is 0.490. The largest absolute Gasteiger partial charge is 0.361 e. The van der Waals surface area contributed by atoms with Gasteiger partial charge in [0.2, 0.25) is 0 Å². The molecular weight excluding hydrogens is 196 g/mol. The van der Waals surface area contributed by atoms with Crippen molar-refractivity contribution >= 4 is 11.6 Å². The minimum absolute atomic E-state index is 0.498. The molecule has 2 aromatic heterocycles. The van der Waals surface area contributed by atoms with Crippen LogP contribution in [0.25, 0.3) is 0 Å². The molecule has 0 fully saturated rings. The SMILES string of the molecule is NNc1cncc(NCc2ccno2)n1. The smallest absolute Gasteiger partial charge is 0.160 e. The van der Waals surface area contributed by atoms with Crippen LogP contribution in [0.1, 0.15) is 5.76 Å². The molecule has 0 atom stereocenters. The summed E-state index contributed by atoms with van der Waals surface area (Å²) in [5.41, 5.74) is 2.41. The predicted octanol–water partition coefficient (Wildman–Crippen LogP) is 0.362. The molecule has 2 rings (SSSR count). The second-order valence-electron chi connectivity index (χ2n) is 2.77. The van der Waals surface area contributed by atoms with Gasteiger partial charge in [-0.15, -0.1) is 0 Å². The van der Waals surface area contributed by atoms with E-state index in [4.69, 9.17) is 10.4 Å². The standard InChI is InChI=1S/C8H10N6O/c9-14-8-5-10-4-7(13-8)11-3-6-1-2-12-15-6/h1-2,4-5H,3,9H2,(H2,11,13,14). The van der Waals surface area contributed by atoms with Crippen molar-refractivity contribution in [3.63, 3.8) is 0 Å². The van der Waals surface area contributed by atoms with Gasteiger partial charge in [0.25, 0.3) is 0 Å². The molecule has 0 unspecified atom stereocenters. The van der Waals surface area contributed by atoms with Gasteiger partial charge in [-0.05, 0) is 0 Å². The molecule has 2 aromatic rings. The lowest BCUT2D eigenvalue weighted by molar-refractivity contribution is 0.388. The molecule has 2 heterocycles. The third kappa shape index (κ3) is 2.41. The topological polar surface area (TPSA) is 102 Å². The first-order chi connectivity index (χ1) is 7.38. The fourth-order valence-corrected chi connectivity index (χ4v) is 1.03. The number of aromatic nitrogens is 3. The summed E-state index contributed by atoms with van der Waals surface area (Å²) in [5.74, 6) is 7.04. The van der Waals surface area contributed by atoms with Gasteiger partial charge in [-0.2, -0.15) is 0 Å². The van der Waals surface area contributed by atoms with Crippen LogP contribution in [0.2, 0.25) is 0 Å². The van der Waals surface area contributed by atoms with E-state index in [0.29, 0.717) is 18.2 Å². The summed E-state index contributed by atoms with van der Waals surface area (Å²) in [5, 5.41) is 6.60. The van der Waals surface area contributed by atoms with E-state index in [0.717, 1.165) is 5.76 Å². The molecule has 0 bridgehead atoms. The Morgan fingerprint density at radius 3 is 2.93 bits per heavy atom. The van der Waals surface area contributed by atoms with Gasteiger partial charge in [0.15, 0.2) is 11.6 Å². The van der Waals surface area contributed by atoms with Crippen LogP contribution in [0.5, 0.6) is 0 Å². The molecule has 0 spiro atoms. The van der Waals surface area contributed by atoms with Crippen molar-refractivity contribution < 1.29 is 4.52 Å². The number of hydrogen-bond acceptors (Lipinski definition) is 7. The molecule has 78 valence electrons. The van der Waals surface area contributed by atoms with E-state index in [1.165, 1.54) is 6.20 Å². The van der Waals surface area contributed by atoms with Crippen LogP contribution in [-0.4, -0.2) is 15.1 Å². The Balaban J connectivity index is 1.98. The van der Waals surface area contributed by atoms with E-state index in [9.17, 15) is 0 Å². The molecule has 0 radical (unpaired) electrons. The highest BCUT2D eigenvalue weighted by atomic mass is 16.5. The zero-order valence-electron chi connectivity index (χ0n) is 7.84. The van der Waals surface area contributed by atoms with Crippen molar-refractivity contribution in [1.29, 1.82) is 0 Å². The molecule has 0 aliphatic rings. The average Bonchev–Trinajstić information content (AvgIpc) is 2.79. The van der Waals surface area contributed by atoms with Crippen molar-refractivity contribution in [3.8, 4) is 0 Å².